The van der Waals surface area contributed by atoms with Crippen molar-refractivity contribution < 1.29 is 9.18 Å². The number of hydrogen-bond acceptors (Lipinski definition) is 2. The van der Waals surface area contributed by atoms with E-state index in [0.717, 1.165) is 17.8 Å². The minimum Gasteiger partial charge on any atom is -0.349 e. The minimum absolute atomic E-state index is 0.00279. The molecule has 0 aliphatic carbocycles. The Labute approximate surface area is 128 Å². The van der Waals surface area contributed by atoms with Crippen LogP contribution in [0.15, 0.2) is 36.5 Å². The highest BCUT2D eigenvalue weighted by Crippen LogP contribution is 2.15. The van der Waals surface area contributed by atoms with Crippen LogP contribution in [0.25, 0.3) is 0 Å². The molecule has 1 atom stereocenters. The molecular formula is C16H16ClFN2O. The molecule has 1 amide bonds. The van der Waals surface area contributed by atoms with Crippen molar-refractivity contribution >= 4 is 17.5 Å². The highest BCUT2D eigenvalue weighted by Gasteiger charge is 2.15. The van der Waals surface area contributed by atoms with Gasteiger partial charge < -0.3 is 5.32 Å². The molecule has 0 radical (unpaired) electrons. The lowest BCUT2D eigenvalue weighted by molar-refractivity contribution is 0.0939. The number of benzene rings is 1. The quantitative estimate of drug-likeness (QED) is 0.878. The highest BCUT2D eigenvalue weighted by molar-refractivity contribution is 6.32. The van der Waals surface area contributed by atoms with Crippen LogP contribution >= 0.6 is 11.6 Å². The molecule has 2 aromatic rings. The molecule has 1 unspecified atom stereocenters. The molecule has 0 aliphatic heterocycles. The van der Waals surface area contributed by atoms with Crippen molar-refractivity contribution in [3.05, 3.63) is 64.2 Å². The molecule has 1 aromatic carbocycles. The second-order valence-electron chi connectivity index (χ2n) is 5.00. The predicted octanol–water partition coefficient (Wildman–Crippen LogP) is 3.54. The van der Waals surface area contributed by atoms with Gasteiger partial charge in [0, 0.05) is 6.04 Å². The fraction of sp³-hybridized carbons (Fsp3) is 0.250. The van der Waals surface area contributed by atoms with E-state index in [4.69, 9.17) is 11.6 Å². The van der Waals surface area contributed by atoms with Crippen LogP contribution in [0.3, 0.4) is 0 Å². The first-order valence-electron chi connectivity index (χ1n) is 6.64. The van der Waals surface area contributed by atoms with Gasteiger partial charge in [-0.2, -0.15) is 0 Å². The molecule has 1 heterocycles. The zero-order valence-corrected chi connectivity index (χ0v) is 12.6. The molecule has 3 nitrogen and oxygen atoms in total. The van der Waals surface area contributed by atoms with E-state index in [1.165, 1.54) is 5.56 Å². The van der Waals surface area contributed by atoms with E-state index in [2.05, 4.69) is 10.3 Å². The number of carbonyl (C=O) groups excluding carboxylic acids is 1. The summed E-state index contributed by atoms with van der Waals surface area (Å²) in [5.74, 6) is -1.01. The lowest BCUT2D eigenvalue weighted by Gasteiger charge is -2.15. The molecule has 1 N–H and O–H groups in total. The summed E-state index contributed by atoms with van der Waals surface area (Å²) in [6.45, 7) is 3.92. The first-order valence-corrected chi connectivity index (χ1v) is 7.01. The van der Waals surface area contributed by atoms with Crippen molar-refractivity contribution in [2.75, 3.05) is 0 Å². The molecular weight excluding hydrogens is 291 g/mol. The van der Waals surface area contributed by atoms with E-state index < -0.39 is 11.7 Å². The number of aryl methyl sites for hydroxylation is 1. The molecule has 110 valence electrons. The number of carbonyl (C=O) groups is 1. The van der Waals surface area contributed by atoms with Crippen molar-refractivity contribution in [1.29, 1.82) is 0 Å². The van der Waals surface area contributed by atoms with E-state index in [1.54, 1.807) is 0 Å². The average molecular weight is 307 g/mol. The van der Waals surface area contributed by atoms with Gasteiger partial charge in [0.05, 0.1) is 11.8 Å². The van der Waals surface area contributed by atoms with Crippen LogP contribution in [-0.2, 0) is 6.42 Å². The number of halogens is 2. The van der Waals surface area contributed by atoms with Crippen LogP contribution in [0, 0.1) is 12.7 Å². The number of nitrogens with zero attached hydrogens (tertiary/aromatic N) is 1. The smallest absolute Gasteiger partial charge is 0.254 e. The second kappa shape index (κ2) is 6.68. The van der Waals surface area contributed by atoms with Gasteiger partial charge >= 0.3 is 0 Å². The van der Waals surface area contributed by atoms with Crippen LogP contribution in [0.4, 0.5) is 4.39 Å². The first-order chi connectivity index (χ1) is 9.97. The Kier molecular flexibility index (Phi) is 4.91. The van der Waals surface area contributed by atoms with Crippen molar-refractivity contribution in [3.63, 3.8) is 0 Å². The van der Waals surface area contributed by atoms with Gasteiger partial charge in [-0.25, -0.2) is 9.37 Å². The van der Waals surface area contributed by atoms with Crippen LogP contribution in [0.5, 0.6) is 0 Å². The van der Waals surface area contributed by atoms with Gasteiger partial charge in [-0.05, 0) is 37.5 Å². The summed E-state index contributed by atoms with van der Waals surface area (Å²) in [7, 11) is 0. The fourth-order valence-electron chi connectivity index (χ4n) is 2.10. The third-order valence-corrected chi connectivity index (χ3v) is 3.52. The highest BCUT2D eigenvalue weighted by atomic mass is 35.5. The Morgan fingerprint density at radius 3 is 2.86 bits per heavy atom. The van der Waals surface area contributed by atoms with E-state index in [1.807, 2.05) is 38.1 Å². The molecule has 0 saturated heterocycles. The van der Waals surface area contributed by atoms with Crippen LogP contribution in [-0.4, -0.2) is 16.9 Å². The normalized spacial score (nSPS) is 12.0. The summed E-state index contributed by atoms with van der Waals surface area (Å²) in [4.78, 5) is 15.7. The maximum absolute atomic E-state index is 13.1. The maximum Gasteiger partial charge on any atom is 0.254 e. The van der Waals surface area contributed by atoms with Crippen LogP contribution in [0.2, 0.25) is 5.15 Å². The zero-order chi connectivity index (χ0) is 15.4. The average Bonchev–Trinajstić information content (AvgIpc) is 2.44. The predicted molar refractivity (Wildman–Crippen MR) is 81.0 cm³/mol. The van der Waals surface area contributed by atoms with E-state index >= 15 is 0 Å². The Hall–Kier alpha value is -1.94. The first kappa shape index (κ1) is 15.4. The Morgan fingerprint density at radius 1 is 1.43 bits per heavy atom. The number of rotatable bonds is 4. The molecule has 5 heteroatoms. The Morgan fingerprint density at radius 2 is 2.14 bits per heavy atom. The van der Waals surface area contributed by atoms with Gasteiger partial charge in [0.15, 0.2) is 0 Å². The van der Waals surface area contributed by atoms with Gasteiger partial charge in [-0.15, -0.1) is 0 Å². The molecule has 1 aromatic heterocycles. The number of amides is 1. The minimum atomic E-state index is -0.587. The molecule has 0 aliphatic rings. The maximum atomic E-state index is 13.1. The molecule has 0 fully saturated rings. The van der Waals surface area contributed by atoms with E-state index in [-0.39, 0.29) is 16.8 Å². The third-order valence-electron chi connectivity index (χ3n) is 3.22. The van der Waals surface area contributed by atoms with E-state index in [9.17, 15) is 9.18 Å². The second-order valence-corrected chi connectivity index (χ2v) is 5.36. The Bertz CT molecular complexity index is 660. The Balaban J connectivity index is 2.06. The van der Waals surface area contributed by atoms with Crippen LogP contribution < -0.4 is 5.32 Å². The van der Waals surface area contributed by atoms with Gasteiger partial charge in [0.25, 0.3) is 5.91 Å². The van der Waals surface area contributed by atoms with Gasteiger partial charge in [-0.1, -0.05) is 35.9 Å². The lowest BCUT2D eigenvalue weighted by atomic mass is 10.0. The molecule has 0 saturated carbocycles. The summed E-state index contributed by atoms with van der Waals surface area (Å²) in [6, 6.07) is 8.97. The molecule has 0 bridgehead atoms. The van der Waals surface area contributed by atoms with Crippen molar-refractivity contribution in [1.82, 2.24) is 10.3 Å². The molecule has 0 spiro atoms. The fourth-order valence-corrected chi connectivity index (χ4v) is 2.29. The summed E-state index contributed by atoms with van der Waals surface area (Å²) < 4.78 is 13.1. The largest absolute Gasteiger partial charge is 0.349 e. The number of hydrogen-bond donors (Lipinski definition) is 1. The van der Waals surface area contributed by atoms with Gasteiger partial charge in [0.1, 0.15) is 11.0 Å². The number of aromatic nitrogens is 1. The topological polar surface area (TPSA) is 42.0 Å². The number of nitrogens with one attached hydrogen (secondary N) is 1. The van der Waals surface area contributed by atoms with E-state index in [0.29, 0.717) is 6.42 Å². The van der Waals surface area contributed by atoms with Crippen molar-refractivity contribution in [3.8, 4) is 0 Å². The third kappa shape index (κ3) is 4.02. The van der Waals surface area contributed by atoms with Gasteiger partial charge in [-0.3, -0.25) is 4.79 Å². The van der Waals surface area contributed by atoms with Gasteiger partial charge in [0.2, 0.25) is 0 Å². The monoisotopic (exact) mass is 306 g/mol. The lowest BCUT2D eigenvalue weighted by Crippen LogP contribution is -2.34. The summed E-state index contributed by atoms with van der Waals surface area (Å²) in [6.07, 6.45) is 1.68. The molecule has 21 heavy (non-hydrogen) atoms. The van der Waals surface area contributed by atoms with Crippen LogP contribution in [0.1, 0.15) is 28.4 Å². The van der Waals surface area contributed by atoms with Crippen molar-refractivity contribution in [2.45, 2.75) is 26.3 Å². The standard InChI is InChI=1S/C16H16ClFN2O/c1-10-5-3-4-6-12(10)7-11(2)20-16(21)14-8-13(18)9-19-15(14)17/h3-6,8-9,11H,7H2,1-2H3,(H,20,21). The SMILES string of the molecule is Cc1ccccc1CC(C)NC(=O)c1cc(F)cnc1Cl. The number of pyridine rings is 1. The summed E-state index contributed by atoms with van der Waals surface area (Å²) >= 11 is 5.82. The zero-order valence-electron chi connectivity index (χ0n) is 11.9. The summed E-state index contributed by atoms with van der Waals surface area (Å²) in [5.41, 5.74) is 2.38. The van der Waals surface area contributed by atoms with Crippen molar-refractivity contribution in [2.24, 2.45) is 0 Å². The summed E-state index contributed by atoms with van der Waals surface area (Å²) in [5, 5.41) is 2.81. The molecule has 2 rings (SSSR count).